The van der Waals surface area contributed by atoms with Crippen LogP contribution in [0.1, 0.15) is 26.3 Å². The Balaban J connectivity index is 1.71. The normalized spacial score (nSPS) is 17.1. The predicted octanol–water partition coefficient (Wildman–Crippen LogP) is 4.56. The van der Waals surface area contributed by atoms with E-state index in [2.05, 4.69) is 9.71 Å². The zero-order valence-corrected chi connectivity index (χ0v) is 19.3. The van der Waals surface area contributed by atoms with Crippen LogP contribution in [0.4, 0.5) is 11.4 Å². The summed E-state index contributed by atoms with van der Waals surface area (Å²) in [6, 6.07) is 17.5. The number of aliphatic imine (C=N–C) groups is 1. The van der Waals surface area contributed by atoms with Crippen molar-refractivity contribution in [1.29, 1.82) is 0 Å². The van der Waals surface area contributed by atoms with Crippen molar-refractivity contribution < 1.29 is 22.7 Å². The van der Waals surface area contributed by atoms with E-state index >= 15 is 0 Å². The lowest BCUT2D eigenvalue weighted by molar-refractivity contribution is 0.0968. The van der Waals surface area contributed by atoms with Gasteiger partial charge in [0.2, 0.25) is 5.78 Å². The number of nitrogens with one attached hydrogen (secondary N) is 1. The Hall–Kier alpha value is -3.49. The molecule has 1 aliphatic carbocycles. The number of halogens is 1. The Morgan fingerprint density at radius 1 is 0.970 bits per heavy atom. The summed E-state index contributed by atoms with van der Waals surface area (Å²) in [7, 11) is -2.64. The van der Waals surface area contributed by atoms with Crippen LogP contribution in [-0.4, -0.2) is 38.2 Å². The molecule has 0 saturated heterocycles. The molecule has 0 radical (unpaired) electrons. The summed E-state index contributed by atoms with van der Waals surface area (Å²) in [6.45, 7) is 1.85. The van der Waals surface area contributed by atoms with Crippen molar-refractivity contribution in [3.05, 3.63) is 83.4 Å². The molecule has 0 spiro atoms. The summed E-state index contributed by atoms with van der Waals surface area (Å²) in [5.74, 6) is -0.848. The van der Waals surface area contributed by atoms with Crippen molar-refractivity contribution in [3.63, 3.8) is 0 Å². The van der Waals surface area contributed by atoms with E-state index in [-0.39, 0.29) is 33.2 Å². The highest BCUT2D eigenvalue weighted by Crippen LogP contribution is 2.32. The van der Waals surface area contributed by atoms with Crippen molar-refractivity contribution in [3.8, 4) is 5.75 Å². The van der Waals surface area contributed by atoms with E-state index in [4.69, 9.17) is 16.3 Å². The number of carbonyl (C=O) groups is 2. The molecule has 3 aromatic carbocycles. The molecule has 0 aromatic heterocycles. The van der Waals surface area contributed by atoms with Crippen LogP contribution in [0.2, 0.25) is 0 Å². The van der Waals surface area contributed by atoms with Gasteiger partial charge in [0.25, 0.3) is 10.0 Å². The summed E-state index contributed by atoms with van der Waals surface area (Å²) in [5, 5.41) is -1.25. The number of hydrogen-bond acceptors (Lipinski definition) is 6. The Morgan fingerprint density at radius 2 is 1.70 bits per heavy atom. The van der Waals surface area contributed by atoms with Gasteiger partial charge in [0.1, 0.15) is 21.7 Å². The average molecular weight is 483 g/mol. The maximum absolute atomic E-state index is 12.9. The Kier molecular flexibility index (Phi) is 6.05. The molecule has 4 rings (SSSR count). The molecule has 0 bridgehead atoms. The molecule has 7 nitrogen and oxygen atoms in total. The fourth-order valence-electron chi connectivity index (χ4n) is 3.52. The first-order valence-corrected chi connectivity index (χ1v) is 11.8. The van der Waals surface area contributed by atoms with Crippen LogP contribution in [0.5, 0.6) is 5.75 Å². The number of fused-ring (bicyclic) bond motifs is 1. The fourth-order valence-corrected chi connectivity index (χ4v) is 4.99. The zero-order chi connectivity index (χ0) is 23.8. The molecule has 1 N–H and O–H groups in total. The molecule has 0 saturated carbocycles. The predicted molar refractivity (Wildman–Crippen MR) is 127 cm³/mol. The van der Waals surface area contributed by atoms with Crippen LogP contribution in [0.25, 0.3) is 0 Å². The number of alkyl halides is 1. The van der Waals surface area contributed by atoms with Crippen LogP contribution in [-0.2, 0) is 10.0 Å². The number of ketones is 2. The molecule has 0 amide bonds. The van der Waals surface area contributed by atoms with Gasteiger partial charge >= 0.3 is 0 Å². The van der Waals surface area contributed by atoms with Crippen LogP contribution < -0.4 is 9.46 Å². The molecule has 33 heavy (non-hydrogen) atoms. The van der Waals surface area contributed by atoms with Gasteiger partial charge in [-0.25, -0.2) is 13.4 Å². The van der Waals surface area contributed by atoms with Crippen LogP contribution >= 0.6 is 11.6 Å². The zero-order valence-electron chi connectivity index (χ0n) is 17.7. The Labute approximate surface area is 196 Å². The van der Waals surface area contributed by atoms with Crippen molar-refractivity contribution in [1.82, 2.24) is 0 Å². The van der Waals surface area contributed by atoms with Crippen molar-refractivity contribution in [2.45, 2.75) is 17.2 Å². The first-order valence-electron chi connectivity index (χ1n) is 9.89. The minimum atomic E-state index is -3.96. The van der Waals surface area contributed by atoms with E-state index < -0.39 is 27.0 Å². The summed E-state index contributed by atoms with van der Waals surface area (Å²) < 4.78 is 33.7. The highest BCUT2D eigenvalue weighted by atomic mass is 35.5. The first kappa shape index (κ1) is 22.7. The highest BCUT2D eigenvalue weighted by molar-refractivity contribution is 7.92. The molecule has 3 aromatic rings. The number of ether oxygens (including phenoxy) is 1. The molecule has 0 heterocycles. The van der Waals surface area contributed by atoms with Crippen molar-refractivity contribution in [2.75, 3.05) is 11.8 Å². The average Bonchev–Trinajstić information content (AvgIpc) is 2.80. The largest absolute Gasteiger partial charge is 0.495 e. The number of sulfonamides is 1. The maximum Gasteiger partial charge on any atom is 0.265 e. The van der Waals surface area contributed by atoms with Gasteiger partial charge in [-0.3, -0.25) is 14.3 Å². The van der Waals surface area contributed by atoms with Gasteiger partial charge in [-0.15, -0.1) is 11.6 Å². The van der Waals surface area contributed by atoms with E-state index in [0.717, 1.165) is 5.56 Å². The molecular formula is C24H19ClN2O5S. The van der Waals surface area contributed by atoms with Gasteiger partial charge < -0.3 is 4.74 Å². The van der Waals surface area contributed by atoms with Gasteiger partial charge in [0.05, 0.1) is 12.8 Å². The van der Waals surface area contributed by atoms with Gasteiger partial charge in [-0.05, 0) is 36.8 Å². The Morgan fingerprint density at radius 3 is 2.39 bits per heavy atom. The lowest BCUT2D eigenvalue weighted by Gasteiger charge is -2.20. The molecule has 0 aliphatic heterocycles. The molecule has 168 valence electrons. The lowest BCUT2D eigenvalue weighted by Crippen LogP contribution is -2.37. The van der Waals surface area contributed by atoms with Crippen LogP contribution in [0.15, 0.2) is 76.6 Å². The summed E-state index contributed by atoms with van der Waals surface area (Å²) in [4.78, 5) is 29.6. The summed E-state index contributed by atoms with van der Waals surface area (Å²) in [5.41, 5.74) is 1.89. The topological polar surface area (TPSA) is 102 Å². The summed E-state index contributed by atoms with van der Waals surface area (Å²) in [6.07, 6.45) is 0. The maximum atomic E-state index is 12.9. The van der Waals surface area contributed by atoms with Crippen molar-refractivity contribution >= 4 is 50.3 Å². The first-order chi connectivity index (χ1) is 15.7. The number of anilines is 1. The summed E-state index contributed by atoms with van der Waals surface area (Å²) >= 11 is 6.25. The quantitative estimate of drug-likeness (QED) is 0.537. The monoisotopic (exact) mass is 482 g/mol. The van der Waals surface area contributed by atoms with Crippen LogP contribution in [0, 0.1) is 6.92 Å². The SMILES string of the molecule is COc1cc(N=C2C(=O)c3ccccc3C(=O)C2Cl)ccc1S(=O)(=O)Nc1cccc(C)c1. The molecule has 1 atom stereocenters. The lowest BCUT2D eigenvalue weighted by atomic mass is 9.88. The number of Topliss-reactive ketones (excluding diaryl/α,β-unsaturated/α-hetero) is 2. The van der Waals surface area contributed by atoms with Crippen molar-refractivity contribution in [2.24, 2.45) is 4.99 Å². The highest BCUT2D eigenvalue weighted by Gasteiger charge is 2.37. The molecule has 1 unspecified atom stereocenters. The number of aryl methyl sites for hydroxylation is 1. The molecular weight excluding hydrogens is 464 g/mol. The molecule has 0 fully saturated rings. The fraction of sp³-hybridized carbons (Fsp3) is 0.125. The number of methoxy groups -OCH3 is 1. The number of rotatable bonds is 5. The van der Waals surface area contributed by atoms with E-state index in [0.29, 0.717) is 5.69 Å². The standard InChI is InChI=1S/C24H19ClN2O5S/c1-14-6-5-7-16(12-14)27-33(30,31)20-11-10-15(13-19(20)32-2)26-22-21(25)23(28)17-8-3-4-9-18(17)24(22)29/h3-13,21,27H,1-2H3. The second kappa shape index (κ2) is 8.80. The molecule has 9 heteroatoms. The second-order valence-electron chi connectivity index (χ2n) is 7.41. The molecule has 1 aliphatic rings. The number of benzene rings is 3. The van der Waals surface area contributed by atoms with Gasteiger partial charge in [0.15, 0.2) is 5.78 Å². The van der Waals surface area contributed by atoms with E-state index in [1.165, 1.54) is 25.3 Å². The number of hydrogen-bond donors (Lipinski definition) is 1. The number of nitrogens with zero attached hydrogens (tertiary/aromatic N) is 1. The minimum Gasteiger partial charge on any atom is -0.495 e. The van der Waals surface area contributed by atoms with E-state index in [1.807, 2.05) is 13.0 Å². The minimum absolute atomic E-state index is 0.0260. The van der Waals surface area contributed by atoms with Gasteiger partial charge in [0, 0.05) is 22.9 Å². The smallest absolute Gasteiger partial charge is 0.265 e. The third-order valence-corrected chi connectivity index (χ3v) is 6.92. The van der Waals surface area contributed by atoms with E-state index in [9.17, 15) is 18.0 Å². The Bertz CT molecular complexity index is 1420. The second-order valence-corrected chi connectivity index (χ2v) is 9.50. The van der Waals surface area contributed by atoms with Gasteiger partial charge in [-0.2, -0.15) is 0 Å². The van der Waals surface area contributed by atoms with E-state index in [1.54, 1.807) is 42.5 Å². The third-order valence-electron chi connectivity index (χ3n) is 5.10. The number of carbonyl (C=O) groups excluding carboxylic acids is 2. The van der Waals surface area contributed by atoms with Gasteiger partial charge in [-0.1, -0.05) is 36.4 Å². The van der Waals surface area contributed by atoms with Crippen LogP contribution in [0.3, 0.4) is 0 Å². The third kappa shape index (κ3) is 4.40.